The van der Waals surface area contributed by atoms with E-state index in [2.05, 4.69) is 5.32 Å². The molecule has 2 rings (SSSR count). The third-order valence-electron chi connectivity index (χ3n) is 3.65. The predicted octanol–water partition coefficient (Wildman–Crippen LogP) is 3.40. The number of ether oxygens (including phenoxy) is 2. The minimum Gasteiger partial charge on any atom is -0.482 e. The van der Waals surface area contributed by atoms with Crippen molar-refractivity contribution in [3.8, 4) is 5.75 Å². The van der Waals surface area contributed by atoms with Crippen LogP contribution in [-0.4, -0.2) is 35.8 Å². The van der Waals surface area contributed by atoms with Gasteiger partial charge in [-0.15, -0.1) is 0 Å². The zero-order valence-corrected chi connectivity index (χ0v) is 16.1. The summed E-state index contributed by atoms with van der Waals surface area (Å²) in [5, 5.41) is 13.4. The number of rotatable bonds is 9. The zero-order valence-electron chi connectivity index (χ0n) is 15.3. The van der Waals surface area contributed by atoms with Gasteiger partial charge in [-0.3, -0.25) is 19.7 Å². The highest BCUT2D eigenvalue weighted by atomic mass is 35.5. The van der Waals surface area contributed by atoms with Crippen LogP contribution in [0.5, 0.6) is 5.75 Å². The van der Waals surface area contributed by atoms with Crippen molar-refractivity contribution >= 4 is 40.6 Å². The standard InChI is InChI=1S/C19H17ClN2O7/c1-2-17(23)12-3-6-14(7-4-12)28-11-19(25)29-10-18(24)21-15-9-13(20)5-8-16(15)22(26)27/h3-9H,2,10-11H2,1H3,(H,21,24). The van der Waals surface area contributed by atoms with Crippen LogP contribution in [0.1, 0.15) is 23.7 Å². The largest absolute Gasteiger partial charge is 0.482 e. The van der Waals surface area contributed by atoms with E-state index in [0.717, 1.165) is 6.07 Å². The monoisotopic (exact) mass is 420 g/mol. The molecule has 0 fully saturated rings. The van der Waals surface area contributed by atoms with Gasteiger partial charge in [0, 0.05) is 23.1 Å². The van der Waals surface area contributed by atoms with E-state index in [1.807, 2.05) is 0 Å². The number of carbonyl (C=O) groups excluding carboxylic acids is 3. The summed E-state index contributed by atoms with van der Waals surface area (Å²) in [5.41, 5.74) is 0.0816. The van der Waals surface area contributed by atoms with Crippen LogP contribution in [0, 0.1) is 10.1 Å². The van der Waals surface area contributed by atoms with E-state index in [1.165, 1.54) is 12.1 Å². The van der Waals surface area contributed by atoms with Crippen LogP contribution >= 0.6 is 11.6 Å². The van der Waals surface area contributed by atoms with Gasteiger partial charge in [0.1, 0.15) is 11.4 Å². The summed E-state index contributed by atoms with van der Waals surface area (Å²) in [6.45, 7) is 0.644. The van der Waals surface area contributed by atoms with Gasteiger partial charge in [0.05, 0.1) is 4.92 Å². The van der Waals surface area contributed by atoms with Gasteiger partial charge in [-0.05, 0) is 36.4 Å². The fourth-order valence-corrected chi connectivity index (χ4v) is 2.40. The Morgan fingerprint density at radius 1 is 1.10 bits per heavy atom. The van der Waals surface area contributed by atoms with Gasteiger partial charge in [0.15, 0.2) is 19.0 Å². The van der Waals surface area contributed by atoms with Crippen LogP contribution in [0.2, 0.25) is 5.02 Å². The van der Waals surface area contributed by atoms with Gasteiger partial charge in [0.2, 0.25) is 0 Å². The summed E-state index contributed by atoms with van der Waals surface area (Å²) in [7, 11) is 0. The molecule has 0 heterocycles. The number of carbonyl (C=O) groups is 3. The molecule has 0 spiro atoms. The minimum absolute atomic E-state index is 0.0121. The third-order valence-corrected chi connectivity index (χ3v) is 3.88. The number of hydrogen-bond acceptors (Lipinski definition) is 7. The van der Waals surface area contributed by atoms with E-state index in [-0.39, 0.29) is 22.2 Å². The highest BCUT2D eigenvalue weighted by molar-refractivity contribution is 6.31. The molecule has 0 radical (unpaired) electrons. The Morgan fingerprint density at radius 2 is 1.79 bits per heavy atom. The van der Waals surface area contributed by atoms with Gasteiger partial charge in [-0.25, -0.2) is 4.79 Å². The molecule has 1 N–H and O–H groups in total. The fraction of sp³-hybridized carbons (Fsp3) is 0.211. The second-order valence-corrected chi connectivity index (χ2v) is 6.15. The number of benzene rings is 2. The number of nitro groups is 1. The molecule has 2 aromatic rings. The molecule has 2 aromatic carbocycles. The number of nitrogens with one attached hydrogen (secondary N) is 1. The lowest BCUT2D eigenvalue weighted by molar-refractivity contribution is -0.383. The molecule has 0 aliphatic carbocycles. The zero-order chi connectivity index (χ0) is 21.4. The molecule has 0 aromatic heterocycles. The summed E-state index contributed by atoms with van der Waals surface area (Å²) < 4.78 is 10.0. The van der Waals surface area contributed by atoms with Crippen LogP contribution in [0.4, 0.5) is 11.4 Å². The van der Waals surface area contributed by atoms with Crippen molar-refractivity contribution in [2.24, 2.45) is 0 Å². The molecule has 29 heavy (non-hydrogen) atoms. The Bertz CT molecular complexity index is 929. The topological polar surface area (TPSA) is 125 Å². The minimum atomic E-state index is -0.811. The molecule has 10 heteroatoms. The summed E-state index contributed by atoms with van der Waals surface area (Å²) in [5.74, 6) is -1.24. The second kappa shape index (κ2) is 10.2. The Morgan fingerprint density at radius 3 is 2.41 bits per heavy atom. The number of halogens is 1. The molecule has 0 atom stereocenters. The van der Waals surface area contributed by atoms with Crippen molar-refractivity contribution in [1.82, 2.24) is 0 Å². The average Bonchev–Trinajstić information content (AvgIpc) is 2.70. The molecular formula is C19H17ClN2O7. The van der Waals surface area contributed by atoms with Gasteiger partial charge < -0.3 is 14.8 Å². The fourth-order valence-electron chi connectivity index (χ4n) is 2.23. The van der Waals surface area contributed by atoms with Crippen molar-refractivity contribution < 1.29 is 28.8 Å². The number of ketones is 1. The molecule has 1 amide bonds. The summed E-state index contributed by atoms with van der Waals surface area (Å²) in [6.07, 6.45) is 0.382. The van der Waals surface area contributed by atoms with Crippen molar-refractivity contribution in [2.75, 3.05) is 18.5 Å². The van der Waals surface area contributed by atoms with E-state index in [1.54, 1.807) is 31.2 Å². The normalized spacial score (nSPS) is 10.1. The molecule has 9 nitrogen and oxygen atoms in total. The lowest BCUT2D eigenvalue weighted by atomic mass is 10.1. The van der Waals surface area contributed by atoms with Crippen molar-refractivity contribution in [2.45, 2.75) is 13.3 Å². The van der Waals surface area contributed by atoms with Crippen LogP contribution in [0.15, 0.2) is 42.5 Å². The third kappa shape index (κ3) is 6.58. The van der Waals surface area contributed by atoms with Crippen LogP contribution in [0.3, 0.4) is 0 Å². The summed E-state index contributed by atoms with van der Waals surface area (Å²) >= 11 is 5.77. The van der Waals surface area contributed by atoms with Gasteiger partial charge in [0.25, 0.3) is 11.6 Å². The molecular weight excluding hydrogens is 404 g/mol. The number of anilines is 1. The first-order valence-corrected chi connectivity index (χ1v) is 8.83. The molecule has 0 aliphatic rings. The van der Waals surface area contributed by atoms with Crippen LogP contribution in [0.25, 0.3) is 0 Å². The molecule has 0 aliphatic heterocycles. The highest BCUT2D eigenvalue weighted by Crippen LogP contribution is 2.27. The number of Topliss-reactive ketones (excluding diaryl/α,β-unsaturated/α-hetero) is 1. The van der Waals surface area contributed by atoms with Crippen LogP contribution in [-0.2, 0) is 14.3 Å². The first-order valence-electron chi connectivity index (χ1n) is 8.45. The SMILES string of the molecule is CCC(=O)c1ccc(OCC(=O)OCC(=O)Nc2cc(Cl)ccc2[N+](=O)[O-])cc1. The molecule has 0 bridgehead atoms. The van der Waals surface area contributed by atoms with Crippen molar-refractivity contribution in [3.05, 3.63) is 63.2 Å². The second-order valence-electron chi connectivity index (χ2n) is 5.72. The van der Waals surface area contributed by atoms with Crippen molar-refractivity contribution in [1.29, 1.82) is 0 Å². The lowest BCUT2D eigenvalue weighted by Crippen LogP contribution is -2.24. The summed E-state index contributed by atoms with van der Waals surface area (Å²) in [4.78, 5) is 45.4. The quantitative estimate of drug-likeness (QED) is 0.285. The first-order chi connectivity index (χ1) is 13.8. The predicted molar refractivity (Wildman–Crippen MR) is 104 cm³/mol. The Hall–Kier alpha value is -3.46. The highest BCUT2D eigenvalue weighted by Gasteiger charge is 2.17. The van der Waals surface area contributed by atoms with E-state index < -0.39 is 30.0 Å². The lowest BCUT2D eigenvalue weighted by Gasteiger charge is -2.09. The first kappa shape index (κ1) is 21.8. The maximum atomic E-state index is 11.9. The number of nitro benzene ring substituents is 1. The van der Waals surface area contributed by atoms with Gasteiger partial charge >= 0.3 is 5.97 Å². The Kier molecular flexibility index (Phi) is 7.67. The average molecular weight is 421 g/mol. The van der Waals surface area contributed by atoms with Crippen molar-refractivity contribution in [3.63, 3.8) is 0 Å². The van der Waals surface area contributed by atoms with E-state index in [9.17, 15) is 24.5 Å². The van der Waals surface area contributed by atoms with Crippen LogP contribution < -0.4 is 10.1 Å². The maximum Gasteiger partial charge on any atom is 0.344 e. The van der Waals surface area contributed by atoms with E-state index >= 15 is 0 Å². The number of hydrogen-bond donors (Lipinski definition) is 1. The van der Waals surface area contributed by atoms with Gasteiger partial charge in [-0.1, -0.05) is 18.5 Å². The van der Waals surface area contributed by atoms with E-state index in [4.69, 9.17) is 21.1 Å². The summed E-state index contributed by atoms with van der Waals surface area (Å²) in [6, 6.07) is 9.93. The molecule has 0 unspecified atom stereocenters. The van der Waals surface area contributed by atoms with E-state index in [0.29, 0.717) is 17.7 Å². The smallest absolute Gasteiger partial charge is 0.344 e. The van der Waals surface area contributed by atoms with Gasteiger partial charge in [-0.2, -0.15) is 0 Å². The molecule has 0 saturated heterocycles. The maximum absolute atomic E-state index is 11.9. The Balaban J connectivity index is 1.82. The number of amides is 1. The molecule has 0 saturated carbocycles. The number of nitrogens with zero attached hydrogens (tertiary/aromatic N) is 1. The molecule has 152 valence electrons. The number of esters is 1. The Labute approximate surface area is 170 Å².